The second kappa shape index (κ2) is 12.9. The summed E-state index contributed by atoms with van der Waals surface area (Å²) in [6.07, 6.45) is 4.06. The van der Waals surface area contributed by atoms with Crippen molar-refractivity contribution in [1.82, 2.24) is 4.57 Å². The molecule has 9 aromatic carbocycles. The Labute approximate surface area is 377 Å². The van der Waals surface area contributed by atoms with Gasteiger partial charge in [0.15, 0.2) is 0 Å². The van der Waals surface area contributed by atoms with Gasteiger partial charge in [-0.3, -0.25) is 9.36 Å². The number of allylic oxidation sites excluding steroid dienone is 4. The summed E-state index contributed by atoms with van der Waals surface area (Å²) in [6.45, 7) is 8.83. The lowest BCUT2D eigenvalue weighted by Gasteiger charge is -2.31. The molecule has 0 bridgehead atoms. The quantitative estimate of drug-likeness (QED) is 0.163. The van der Waals surface area contributed by atoms with Crippen LogP contribution in [0.15, 0.2) is 236 Å². The van der Waals surface area contributed by atoms with E-state index < -0.39 is 10.8 Å². The Kier molecular flexibility index (Phi) is 7.17. The van der Waals surface area contributed by atoms with Gasteiger partial charge >= 0.3 is 0 Å². The van der Waals surface area contributed by atoms with Crippen LogP contribution in [0.5, 0.6) is 0 Å². The maximum absolute atomic E-state index is 15.1. The van der Waals surface area contributed by atoms with Crippen LogP contribution in [0.4, 0.5) is 0 Å². The normalized spacial score (nSPS) is 17.0. The van der Waals surface area contributed by atoms with E-state index in [1.165, 1.54) is 77.9 Å². The summed E-state index contributed by atoms with van der Waals surface area (Å²) in [5, 5.41) is 2.66. The molecule has 4 aliphatic rings. The number of nitrogens with zero attached hydrogens (tertiary/aromatic N) is 1. The Hall–Kier alpha value is -8.33. The van der Waals surface area contributed by atoms with E-state index in [0.717, 1.165) is 44.2 Å². The van der Waals surface area contributed by atoms with Crippen LogP contribution in [-0.2, 0) is 10.8 Å². The van der Waals surface area contributed by atoms with Gasteiger partial charge < -0.3 is 0 Å². The maximum Gasteiger partial charge on any atom is 0.263 e. The van der Waals surface area contributed by atoms with Crippen LogP contribution in [0.2, 0.25) is 0 Å². The average Bonchev–Trinajstić information content (AvgIpc) is 4.02. The predicted molar refractivity (Wildman–Crippen MR) is 268 cm³/mol. The molecule has 14 rings (SSSR count). The van der Waals surface area contributed by atoms with Crippen molar-refractivity contribution in [3.8, 4) is 50.2 Å². The molecule has 0 aliphatic heterocycles. The Balaban J connectivity index is 0.996. The van der Waals surface area contributed by atoms with Gasteiger partial charge in [-0.25, -0.2) is 0 Å². The topological polar surface area (TPSA) is 22.0 Å². The van der Waals surface area contributed by atoms with E-state index in [2.05, 4.69) is 201 Å². The van der Waals surface area contributed by atoms with Crippen molar-refractivity contribution in [2.45, 2.75) is 10.8 Å². The van der Waals surface area contributed by atoms with Crippen molar-refractivity contribution in [1.29, 1.82) is 0 Å². The molecular formula is C63H39NO. The summed E-state index contributed by atoms with van der Waals surface area (Å²) in [4.78, 5) is 15.1. The monoisotopic (exact) mass is 825 g/mol. The van der Waals surface area contributed by atoms with Crippen molar-refractivity contribution in [3.05, 3.63) is 286 Å². The lowest BCUT2D eigenvalue weighted by atomic mass is 9.70. The van der Waals surface area contributed by atoms with Gasteiger partial charge in [-0.2, -0.15) is 0 Å². The number of pyridine rings is 1. The molecule has 0 amide bonds. The van der Waals surface area contributed by atoms with Crippen LogP contribution in [0.3, 0.4) is 0 Å². The molecule has 2 heteroatoms. The van der Waals surface area contributed by atoms with Crippen molar-refractivity contribution < 1.29 is 0 Å². The molecule has 0 saturated heterocycles. The van der Waals surface area contributed by atoms with Gasteiger partial charge in [-0.05, 0) is 142 Å². The van der Waals surface area contributed by atoms with Gasteiger partial charge in [0.25, 0.3) is 5.56 Å². The van der Waals surface area contributed by atoms with E-state index in [1.54, 1.807) is 0 Å². The fourth-order valence-electron chi connectivity index (χ4n) is 12.7. The average molecular weight is 826 g/mol. The molecule has 0 fully saturated rings. The molecule has 0 saturated carbocycles. The van der Waals surface area contributed by atoms with Crippen LogP contribution in [0.1, 0.15) is 44.5 Å². The molecule has 1 aromatic heterocycles. The number of rotatable bonds is 3. The molecule has 1 atom stereocenters. The summed E-state index contributed by atoms with van der Waals surface area (Å²) >= 11 is 0. The third kappa shape index (κ3) is 4.36. The minimum Gasteiger partial charge on any atom is -0.276 e. The Morgan fingerprint density at radius 3 is 1.45 bits per heavy atom. The van der Waals surface area contributed by atoms with Crippen LogP contribution in [0, 0.1) is 0 Å². The molecule has 2 spiro atoms. The molecule has 1 unspecified atom stereocenters. The fraction of sp³-hybridized carbons (Fsp3) is 0.0317. The highest BCUT2D eigenvalue weighted by Crippen LogP contribution is 2.65. The number of hydrogen-bond acceptors (Lipinski definition) is 1. The van der Waals surface area contributed by atoms with E-state index >= 15 is 4.79 Å². The SMILES string of the molecule is C=C/C=C1\C(=C)c2ccccc2C12c1ccccc1-c1ccc(-c3ccc4c(c3)c3ccccc3c(=O)n4-c3ccc4c(c3)C3(c5ccccc5-c5ccccc53)c3ccccc3-4)cc12. The first-order valence-corrected chi connectivity index (χ1v) is 22.4. The summed E-state index contributed by atoms with van der Waals surface area (Å²) in [5.74, 6) is 0. The van der Waals surface area contributed by atoms with Gasteiger partial charge in [0.05, 0.1) is 16.3 Å². The highest BCUT2D eigenvalue weighted by Gasteiger charge is 2.53. The molecule has 4 aliphatic carbocycles. The Bertz CT molecular complexity index is 3850. The molecule has 65 heavy (non-hydrogen) atoms. The minimum atomic E-state index is -0.529. The fourth-order valence-corrected chi connectivity index (χ4v) is 12.7. The molecule has 2 nitrogen and oxygen atoms in total. The van der Waals surface area contributed by atoms with Crippen molar-refractivity contribution in [3.63, 3.8) is 0 Å². The zero-order chi connectivity index (χ0) is 43.2. The summed E-state index contributed by atoms with van der Waals surface area (Å²) in [5.41, 5.74) is 22.4. The van der Waals surface area contributed by atoms with Crippen molar-refractivity contribution in [2.24, 2.45) is 0 Å². The molecular weight excluding hydrogens is 787 g/mol. The lowest BCUT2D eigenvalue weighted by Crippen LogP contribution is -2.26. The van der Waals surface area contributed by atoms with Crippen LogP contribution in [-0.4, -0.2) is 4.57 Å². The maximum atomic E-state index is 15.1. The van der Waals surface area contributed by atoms with Crippen molar-refractivity contribution >= 4 is 27.2 Å². The van der Waals surface area contributed by atoms with Crippen LogP contribution < -0.4 is 5.56 Å². The lowest BCUT2D eigenvalue weighted by molar-refractivity contribution is 0.792. The minimum absolute atomic E-state index is 0.0310. The zero-order valence-corrected chi connectivity index (χ0v) is 35.5. The van der Waals surface area contributed by atoms with E-state index in [4.69, 9.17) is 0 Å². The molecule has 0 N–H and O–H groups in total. The van der Waals surface area contributed by atoms with Gasteiger partial charge in [0.1, 0.15) is 0 Å². The Morgan fingerprint density at radius 1 is 0.400 bits per heavy atom. The second-order valence-corrected chi connectivity index (χ2v) is 17.9. The van der Waals surface area contributed by atoms with Gasteiger partial charge in [-0.1, -0.05) is 189 Å². The number of aromatic nitrogens is 1. The highest BCUT2D eigenvalue weighted by molar-refractivity contribution is 6.08. The summed E-state index contributed by atoms with van der Waals surface area (Å²) in [7, 11) is 0. The molecule has 302 valence electrons. The number of fused-ring (bicyclic) bond motifs is 20. The first kappa shape index (κ1) is 36.2. The van der Waals surface area contributed by atoms with E-state index in [0.29, 0.717) is 5.39 Å². The summed E-state index contributed by atoms with van der Waals surface area (Å²) in [6, 6.07) is 72.5. The van der Waals surface area contributed by atoms with E-state index in [1.807, 2.05) is 28.8 Å². The third-order valence-electron chi connectivity index (χ3n) is 15.2. The van der Waals surface area contributed by atoms with Crippen LogP contribution in [0.25, 0.3) is 77.4 Å². The number of hydrogen-bond donors (Lipinski definition) is 0. The highest BCUT2D eigenvalue weighted by atomic mass is 16.1. The first-order chi connectivity index (χ1) is 32.0. The predicted octanol–water partition coefficient (Wildman–Crippen LogP) is 14.6. The smallest absolute Gasteiger partial charge is 0.263 e. The largest absolute Gasteiger partial charge is 0.276 e. The zero-order valence-electron chi connectivity index (χ0n) is 35.5. The van der Waals surface area contributed by atoms with E-state index in [9.17, 15) is 0 Å². The van der Waals surface area contributed by atoms with Crippen LogP contribution >= 0.6 is 0 Å². The number of benzene rings is 9. The van der Waals surface area contributed by atoms with E-state index in [-0.39, 0.29) is 5.56 Å². The van der Waals surface area contributed by atoms with Gasteiger partial charge in [0.2, 0.25) is 0 Å². The first-order valence-electron chi connectivity index (χ1n) is 22.4. The molecule has 0 radical (unpaired) electrons. The molecule has 10 aromatic rings. The van der Waals surface area contributed by atoms with Gasteiger partial charge in [-0.15, -0.1) is 0 Å². The Morgan fingerprint density at radius 2 is 0.846 bits per heavy atom. The third-order valence-corrected chi connectivity index (χ3v) is 15.2. The second-order valence-electron chi connectivity index (χ2n) is 17.9. The molecule has 1 heterocycles. The summed E-state index contributed by atoms with van der Waals surface area (Å²) < 4.78 is 1.95. The van der Waals surface area contributed by atoms with Crippen molar-refractivity contribution in [2.75, 3.05) is 0 Å². The van der Waals surface area contributed by atoms with Gasteiger partial charge in [0, 0.05) is 16.5 Å². The standard InChI is InChI=1S/C63H39NO/c1-3-16-52-38(2)42-17-6-11-24-53(42)62(52)54-25-12-9-21-46(54)48-32-29-40(36-58(48)62)39-30-34-60-51(35-39)43-18-4-5-23-50(43)61(65)64(60)41-31-33-49-47-22-10-15-28-57(47)63(59(49)37-41)55-26-13-7-19-44(55)45-20-8-14-27-56(45)63/h3-37H,1-2H2/b52-16+.